The van der Waals surface area contributed by atoms with Gasteiger partial charge in [0.05, 0.1) is 0 Å². The Hall–Kier alpha value is -1.42. The van der Waals surface area contributed by atoms with E-state index in [0.717, 1.165) is 6.54 Å². The SMILES string of the molecule is CC.CC.CNCCNC(=O)c1ccncc1. The molecule has 0 spiro atoms. The zero-order valence-electron chi connectivity index (χ0n) is 11.6. The fourth-order valence-corrected chi connectivity index (χ4v) is 0.906. The predicted molar refractivity (Wildman–Crippen MR) is 73.2 cm³/mol. The van der Waals surface area contributed by atoms with Crippen molar-refractivity contribution >= 4 is 5.91 Å². The molecule has 0 atom stereocenters. The van der Waals surface area contributed by atoms with Gasteiger partial charge in [-0.2, -0.15) is 0 Å². The number of aromatic nitrogens is 1. The van der Waals surface area contributed by atoms with Gasteiger partial charge in [-0.15, -0.1) is 0 Å². The van der Waals surface area contributed by atoms with Crippen LogP contribution in [0.3, 0.4) is 0 Å². The van der Waals surface area contributed by atoms with Gasteiger partial charge in [0, 0.05) is 31.0 Å². The highest BCUT2D eigenvalue weighted by atomic mass is 16.1. The van der Waals surface area contributed by atoms with Crippen molar-refractivity contribution in [3.63, 3.8) is 0 Å². The van der Waals surface area contributed by atoms with E-state index in [-0.39, 0.29) is 5.91 Å². The van der Waals surface area contributed by atoms with Crippen molar-refractivity contribution in [2.75, 3.05) is 20.1 Å². The monoisotopic (exact) mass is 239 g/mol. The number of hydrogen-bond acceptors (Lipinski definition) is 3. The topological polar surface area (TPSA) is 54.0 Å². The van der Waals surface area contributed by atoms with Crippen LogP contribution in [-0.4, -0.2) is 31.0 Å². The summed E-state index contributed by atoms with van der Waals surface area (Å²) < 4.78 is 0. The Balaban J connectivity index is 0. The largest absolute Gasteiger partial charge is 0.351 e. The zero-order chi connectivity index (χ0) is 13.5. The van der Waals surface area contributed by atoms with Gasteiger partial charge in [0.2, 0.25) is 0 Å². The summed E-state index contributed by atoms with van der Waals surface area (Å²) in [6, 6.07) is 3.38. The van der Waals surface area contributed by atoms with Gasteiger partial charge >= 0.3 is 0 Å². The van der Waals surface area contributed by atoms with Gasteiger partial charge in [0.25, 0.3) is 5.91 Å². The molecule has 2 N–H and O–H groups in total. The highest BCUT2D eigenvalue weighted by molar-refractivity contribution is 5.93. The van der Waals surface area contributed by atoms with Gasteiger partial charge in [-0.1, -0.05) is 27.7 Å². The van der Waals surface area contributed by atoms with Crippen LogP contribution in [0.1, 0.15) is 38.1 Å². The third-order valence-electron chi connectivity index (χ3n) is 1.60. The summed E-state index contributed by atoms with van der Waals surface area (Å²) in [5.74, 6) is -0.0577. The summed E-state index contributed by atoms with van der Waals surface area (Å²) in [5.41, 5.74) is 0.645. The lowest BCUT2D eigenvalue weighted by atomic mass is 10.2. The van der Waals surface area contributed by atoms with Crippen LogP contribution in [0, 0.1) is 0 Å². The number of pyridine rings is 1. The zero-order valence-corrected chi connectivity index (χ0v) is 11.6. The molecule has 1 aromatic rings. The molecular formula is C13H25N3O. The number of carbonyl (C=O) groups excluding carboxylic acids is 1. The molecule has 0 aliphatic rings. The average Bonchev–Trinajstić information content (AvgIpc) is 2.44. The van der Waals surface area contributed by atoms with Crippen molar-refractivity contribution in [2.24, 2.45) is 0 Å². The van der Waals surface area contributed by atoms with Gasteiger partial charge in [-0.05, 0) is 19.2 Å². The van der Waals surface area contributed by atoms with E-state index in [1.165, 1.54) is 0 Å². The smallest absolute Gasteiger partial charge is 0.251 e. The highest BCUT2D eigenvalue weighted by Gasteiger charge is 2.01. The molecule has 1 amide bonds. The van der Waals surface area contributed by atoms with Crippen molar-refractivity contribution in [3.8, 4) is 0 Å². The van der Waals surface area contributed by atoms with Crippen molar-refractivity contribution in [2.45, 2.75) is 27.7 Å². The summed E-state index contributed by atoms with van der Waals surface area (Å²) in [4.78, 5) is 15.2. The maximum atomic E-state index is 11.4. The Kier molecular flexibility index (Phi) is 15.4. The number of nitrogens with one attached hydrogen (secondary N) is 2. The number of likely N-dealkylation sites (N-methyl/N-ethyl adjacent to an activating group) is 1. The quantitative estimate of drug-likeness (QED) is 0.791. The summed E-state index contributed by atoms with van der Waals surface area (Å²) in [6.45, 7) is 9.41. The molecule has 0 aliphatic carbocycles. The number of rotatable bonds is 4. The Morgan fingerprint density at radius 1 is 1.12 bits per heavy atom. The van der Waals surface area contributed by atoms with Gasteiger partial charge in [-0.3, -0.25) is 9.78 Å². The fraction of sp³-hybridized carbons (Fsp3) is 0.538. The lowest BCUT2D eigenvalue weighted by Gasteiger charge is -2.03. The molecule has 1 rings (SSSR count). The molecule has 4 heteroatoms. The van der Waals surface area contributed by atoms with E-state index in [4.69, 9.17) is 0 Å². The minimum absolute atomic E-state index is 0.0577. The summed E-state index contributed by atoms with van der Waals surface area (Å²) >= 11 is 0. The Morgan fingerprint density at radius 3 is 2.12 bits per heavy atom. The van der Waals surface area contributed by atoms with Gasteiger partial charge in [0.15, 0.2) is 0 Å². The average molecular weight is 239 g/mol. The lowest BCUT2D eigenvalue weighted by molar-refractivity contribution is 0.0954. The minimum Gasteiger partial charge on any atom is -0.351 e. The molecular weight excluding hydrogens is 214 g/mol. The van der Waals surface area contributed by atoms with E-state index in [1.807, 2.05) is 34.7 Å². The molecule has 0 radical (unpaired) electrons. The second-order valence-electron chi connectivity index (χ2n) is 2.60. The molecule has 1 heterocycles. The van der Waals surface area contributed by atoms with E-state index in [2.05, 4.69) is 15.6 Å². The second-order valence-corrected chi connectivity index (χ2v) is 2.60. The second kappa shape index (κ2) is 14.6. The van der Waals surface area contributed by atoms with E-state index in [1.54, 1.807) is 24.5 Å². The number of carbonyl (C=O) groups is 1. The van der Waals surface area contributed by atoms with Crippen LogP contribution in [0.2, 0.25) is 0 Å². The van der Waals surface area contributed by atoms with Crippen molar-refractivity contribution < 1.29 is 4.79 Å². The van der Waals surface area contributed by atoms with Crippen molar-refractivity contribution in [3.05, 3.63) is 30.1 Å². The number of nitrogens with zero attached hydrogens (tertiary/aromatic N) is 1. The fourth-order valence-electron chi connectivity index (χ4n) is 0.906. The minimum atomic E-state index is -0.0577. The lowest BCUT2D eigenvalue weighted by Crippen LogP contribution is -2.30. The molecule has 0 aliphatic heterocycles. The first-order valence-corrected chi connectivity index (χ1v) is 6.17. The molecule has 98 valence electrons. The predicted octanol–water partition coefficient (Wildman–Crippen LogP) is 2.08. The summed E-state index contributed by atoms with van der Waals surface area (Å²) in [7, 11) is 1.85. The molecule has 4 nitrogen and oxygen atoms in total. The van der Waals surface area contributed by atoms with Crippen molar-refractivity contribution in [1.82, 2.24) is 15.6 Å². The molecule has 17 heavy (non-hydrogen) atoms. The van der Waals surface area contributed by atoms with E-state index < -0.39 is 0 Å². The molecule has 0 aromatic carbocycles. The van der Waals surface area contributed by atoms with Crippen LogP contribution in [0.15, 0.2) is 24.5 Å². The number of hydrogen-bond donors (Lipinski definition) is 2. The Morgan fingerprint density at radius 2 is 1.65 bits per heavy atom. The van der Waals surface area contributed by atoms with Gasteiger partial charge in [-0.25, -0.2) is 0 Å². The summed E-state index contributed by atoms with van der Waals surface area (Å²) in [6.07, 6.45) is 3.21. The van der Waals surface area contributed by atoms with E-state index in [0.29, 0.717) is 12.1 Å². The normalized spacial score (nSPS) is 8.06. The molecule has 1 aromatic heterocycles. The molecule has 0 fully saturated rings. The molecule has 0 bridgehead atoms. The number of amides is 1. The van der Waals surface area contributed by atoms with E-state index >= 15 is 0 Å². The van der Waals surface area contributed by atoms with Crippen LogP contribution in [0.5, 0.6) is 0 Å². The van der Waals surface area contributed by atoms with Crippen LogP contribution >= 0.6 is 0 Å². The third-order valence-corrected chi connectivity index (χ3v) is 1.60. The van der Waals surface area contributed by atoms with Crippen LogP contribution in [-0.2, 0) is 0 Å². The maximum absolute atomic E-state index is 11.4. The van der Waals surface area contributed by atoms with Crippen molar-refractivity contribution in [1.29, 1.82) is 0 Å². The first-order chi connectivity index (χ1) is 8.34. The first-order valence-electron chi connectivity index (χ1n) is 6.17. The van der Waals surface area contributed by atoms with Crippen LogP contribution in [0.4, 0.5) is 0 Å². The van der Waals surface area contributed by atoms with E-state index in [9.17, 15) is 4.79 Å². The van der Waals surface area contributed by atoms with Gasteiger partial charge in [0.1, 0.15) is 0 Å². The van der Waals surface area contributed by atoms with Gasteiger partial charge < -0.3 is 10.6 Å². The Bertz CT molecular complexity index is 263. The highest BCUT2D eigenvalue weighted by Crippen LogP contribution is 1.94. The standard InChI is InChI=1S/C9H13N3O.2C2H6/c1-10-6-7-12-9(13)8-2-4-11-5-3-8;2*1-2/h2-5,10H,6-7H2,1H3,(H,12,13);2*1-2H3. The Labute approximate surface area is 105 Å². The third kappa shape index (κ3) is 9.51. The molecule has 0 unspecified atom stereocenters. The van der Waals surface area contributed by atoms with Crippen LogP contribution < -0.4 is 10.6 Å². The first kappa shape index (κ1) is 18.0. The molecule has 0 saturated heterocycles. The molecule has 0 saturated carbocycles. The van der Waals surface area contributed by atoms with Crippen LogP contribution in [0.25, 0.3) is 0 Å². The maximum Gasteiger partial charge on any atom is 0.251 e. The summed E-state index contributed by atoms with van der Waals surface area (Å²) in [5, 5.41) is 5.72.